The zero-order valence-electron chi connectivity index (χ0n) is 13.3. The molecule has 1 saturated heterocycles. The third-order valence-corrected chi connectivity index (χ3v) is 3.75. The second-order valence-electron chi connectivity index (χ2n) is 5.22. The molecule has 1 aromatic carbocycles. The lowest BCUT2D eigenvalue weighted by atomic mass is 10.2. The summed E-state index contributed by atoms with van der Waals surface area (Å²) in [6.07, 6.45) is 5.45. The van der Waals surface area contributed by atoms with E-state index < -0.39 is 0 Å². The summed E-state index contributed by atoms with van der Waals surface area (Å²) in [4.78, 5) is 14.0. The molecule has 7 nitrogen and oxygen atoms in total. The molecule has 1 atom stereocenters. The molecule has 0 bridgehead atoms. The quantitative estimate of drug-likeness (QED) is 0.784. The summed E-state index contributed by atoms with van der Waals surface area (Å²) in [5, 5.41) is 7.95. The molecule has 1 aromatic heterocycles. The van der Waals surface area contributed by atoms with Crippen LogP contribution in [0.3, 0.4) is 0 Å². The molecule has 3 rings (SSSR count). The highest BCUT2D eigenvalue weighted by Gasteiger charge is 2.27. The number of morpholine rings is 1. The maximum Gasteiger partial charge on any atom is 0.251 e. The van der Waals surface area contributed by atoms with Crippen molar-refractivity contribution in [2.45, 2.75) is 12.5 Å². The molecular weight excluding hydrogens is 310 g/mol. The van der Waals surface area contributed by atoms with Crippen LogP contribution in [0, 0.1) is 12.3 Å². The van der Waals surface area contributed by atoms with Crippen LogP contribution in [0.25, 0.3) is 11.5 Å². The van der Waals surface area contributed by atoms with Gasteiger partial charge in [0.05, 0.1) is 25.9 Å². The van der Waals surface area contributed by atoms with Crippen molar-refractivity contribution < 1.29 is 18.7 Å². The molecule has 1 aliphatic rings. The fraction of sp³-hybridized carbons (Fsp3) is 0.353. The molecule has 0 radical (unpaired) electrons. The second kappa shape index (κ2) is 7.15. The Bertz CT molecular complexity index is 765. The van der Waals surface area contributed by atoms with Crippen molar-refractivity contribution in [3.8, 4) is 29.5 Å². The zero-order valence-corrected chi connectivity index (χ0v) is 13.3. The largest absolute Gasteiger partial charge is 0.496 e. The highest BCUT2D eigenvalue weighted by atomic mass is 16.5. The van der Waals surface area contributed by atoms with Gasteiger partial charge in [0.1, 0.15) is 18.2 Å². The molecule has 0 saturated carbocycles. The summed E-state index contributed by atoms with van der Waals surface area (Å²) in [6, 6.07) is 6.95. The van der Waals surface area contributed by atoms with E-state index in [1.54, 1.807) is 18.1 Å². The summed E-state index contributed by atoms with van der Waals surface area (Å²) in [5.74, 6) is 3.58. The van der Waals surface area contributed by atoms with Gasteiger partial charge < -0.3 is 18.8 Å². The Kier molecular flexibility index (Phi) is 4.77. The normalized spacial score (nSPS) is 17.3. The van der Waals surface area contributed by atoms with Gasteiger partial charge >= 0.3 is 0 Å². The number of carbonyl (C=O) groups is 1. The lowest BCUT2D eigenvalue weighted by molar-refractivity contribution is -0.137. The molecule has 2 heterocycles. The van der Waals surface area contributed by atoms with Gasteiger partial charge in [0.25, 0.3) is 5.89 Å². The van der Waals surface area contributed by atoms with Gasteiger partial charge in [-0.2, -0.15) is 0 Å². The minimum absolute atomic E-state index is 0.000326. The first-order valence-corrected chi connectivity index (χ1v) is 7.52. The van der Waals surface area contributed by atoms with Crippen LogP contribution in [0.1, 0.15) is 5.89 Å². The van der Waals surface area contributed by atoms with Crippen LogP contribution in [0.2, 0.25) is 0 Å². The van der Waals surface area contributed by atoms with Gasteiger partial charge in [-0.3, -0.25) is 4.79 Å². The number of rotatable bonds is 4. The van der Waals surface area contributed by atoms with Crippen LogP contribution in [0.15, 0.2) is 28.7 Å². The van der Waals surface area contributed by atoms with E-state index in [9.17, 15) is 4.79 Å². The number of nitrogens with zero attached hydrogens (tertiary/aromatic N) is 3. The first-order valence-electron chi connectivity index (χ1n) is 7.52. The Labute approximate surface area is 139 Å². The number of methoxy groups -OCH3 is 1. The van der Waals surface area contributed by atoms with Crippen LogP contribution < -0.4 is 4.74 Å². The second-order valence-corrected chi connectivity index (χ2v) is 5.22. The number of benzene rings is 1. The van der Waals surface area contributed by atoms with Crippen molar-refractivity contribution in [3.63, 3.8) is 0 Å². The monoisotopic (exact) mass is 327 g/mol. The fourth-order valence-corrected chi connectivity index (χ4v) is 2.53. The van der Waals surface area contributed by atoms with Crippen LogP contribution in [-0.2, 0) is 16.0 Å². The summed E-state index contributed by atoms with van der Waals surface area (Å²) in [6.45, 7) is 1.28. The van der Waals surface area contributed by atoms with Gasteiger partial charge in [0, 0.05) is 6.54 Å². The van der Waals surface area contributed by atoms with E-state index in [-0.39, 0.29) is 24.3 Å². The number of terminal acetylenes is 1. The highest BCUT2D eigenvalue weighted by molar-refractivity contribution is 5.78. The van der Waals surface area contributed by atoms with E-state index in [0.717, 1.165) is 0 Å². The number of carbonyl (C=O) groups excluding carboxylic acids is 1. The SMILES string of the molecule is C#CC1COCCN1C(=O)Cc1nnc(-c2ccccc2OC)o1. The fourth-order valence-electron chi connectivity index (χ4n) is 2.53. The zero-order chi connectivity index (χ0) is 16.9. The lowest BCUT2D eigenvalue weighted by Gasteiger charge is -2.32. The minimum atomic E-state index is -0.358. The Balaban J connectivity index is 1.74. The Morgan fingerprint density at radius 3 is 3.08 bits per heavy atom. The molecule has 7 heteroatoms. The minimum Gasteiger partial charge on any atom is -0.496 e. The van der Waals surface area contributed by atoms with Crippen LogP contribution in [0.4, 0.5) is 0 Å². The third-order valence-electron chi connectivity index (χ3n) is 3.75. The number of ether oxygens (including phenoxy) is 2. The van der Waals surface area contributed by atoms with Gasteiger partial charge in [-0.25, -0.2) is 0 Å². The lowest BCUT2D eigenvalue weighted by Crippen LogP contribution is -2.48. The smallest absolute Gasteiger partial charge is 0.251 e. The molecule has 1 unspecified atom stereocenters. The molecule has 0 aliphatic carbocycles. The number of para-hydroxylation sites is 1. The first kappa shape index (κ1) is 16.0. The maximum absolute atomic E-state index is 12.4. The van der Waals surface area contributed by atoms with E-state index in [0.29, 0.717) is 37.0 Å². The molecule has 0 N–H and O–H groups in total. The predicted molar refractivity (Wildman–Crippen MR) is 85.1 cm³/mol. The summed E-state index contributed by atoms with van der Waals surface area (Å²) in [7, 11) is 1.57. The Morgan fingerprint density at radius 2 is 2.29 bits per heavy atom. The first-order chi connectivity index (χ1) is 11.7. The predicted octanol–water partition coefficient (Wildman–Crippen LogP) is 1.15. The summed E-state index contributed by atoms with van der Waals surface area (Å²) in [5.41, 5.74) is 0.680. The highest BCUT2D eigenvalue weighted by Crippen LogP contribution is 2.28. The van der Waals surface area contributed by atoms with Crippen molar-refractivity contribution >= 4 is 5.91 Å². The molecule has 24 heavy (non-hydrogen) atoms. The van der Waals surface area contributed by atoms with Crippen molar-refractivity contribution in [3.05, 3.63) is 30.2 Å². The van der Waals surface area contributed by atoms with E-state index in [1.807, 2.05) is 18.2 Å². The van der Waals surface area contributed by atoms with Crippen molar-refractivity contribution in [1.29, 1.82) is 0 Å². The topological polar surface area (TPSA) is 77.7 Å². The molecule has 2 aromatic rings. The molecule has 124 valence electrons. The molecular formula is C17H17N3O4. The van der Waals surface area contributed by atoms with Crippen molar-refractivity contribution in [1.82, 2.24) is 15.1 Å². The average molecular weight is 327 g/mol. The molecule has 1 fully saturated rings. The summed E-state index contributed by atoms with van der Waals surface area (Å²) >= 11 is 0. The van der Waals surface area contributed by atoms with E-state index in [1.165, 1.54) is 0 Å². The number of hydrogen-bond donors (Lipinski definition) is 0. The van der Waals surface area contributed by atoms with Crippen LogP contribution >= 0.6 is 0 Å². The van der Waals surface area contributed by atoms with Crippen molar-refractivity contribution in [2.75, 3.05) is 26.9 Å². The third kappa shape index (κ3) is 3.24. The maximum atomic E-state index is 12.4. The van der Waals surface area contributed by atoms with Gasteiger partial charge in [0.2, 0.25) is 11.8 Å². The van der Waals surface area contributed by atoms with Gasteiger partial charge in [0.15, 0.2) is 0 Å². The van der Waals surface area contributed by atoms with Crippen molar-refractivity contribution in [2.24, 2.45) is 0 Å². The van der Waals surface area contributed by atoms with E-state index in [2.05, 4.69) is 16.1 Å². The van der Waals surface area contributed by atoms with E-state index in [4.69, 9.17) is 20.3 Å². The number of aromatic nitrogens is 2. The van der Waals surface area contributed by atoms with Gasteiger partial charge in [-0.15, -0.1) is 16.6 Å². The average Bonchev–Trinajstić information content (AvgIpc) is 3.09. The molecule has 0 spiro atoms. The van der Waals surface area contributed by atoms with Gasteiger partial charge in [-0.05, 0) is 12.1 Å². The van der Waals surface area contributed by atoms with Gasteiger partial charge in [-0.1, -0.05) is 18.1 Å². The molecule has 1 amide bonds. The Morgan fingerprint density at radius 1 is 1.46 bits per heavy atom. The van der Waals surface area contributed by atoms with Crippen LogP contribution in [0.5, 0.6) is 5.75 Å². The standard InChI is InChI=1S/C17H17N3O4/c1-3-12-11-23-9-8-20(12)16(21)10-15-18-19-17(24-15)13-6-4-5-7-14(13)22-2/h1,4-7,12H,8-11H2,2H3. The number of amides is 1. The Hall–Kier alpha value is -2.85. The number of hydrogen-bond acceptors (Lipinski definition) is 6. The van der Waals surface area contributed by atoms with Crippen LogP contribution in [-0.4, -0.2) is 53.9 Å². The summed E-state index contributed by atoms with van der Waals surface area (Å²) < 4.78 is 16.2. The van der Waals surface area contributed by atoms with E-state index >= 15 is 0 Å². The molecule has 1 aliphatic heterocycles.